The lowest BCUT2D eigenvalue weighted by Crippen LogP contribution is -2.36. The second-order valence-corrected chi connectivity index (χ2v) is 6.27. The van der Waals surface area contributed by atoms with Crippen LogP contribution in [0, 0.1) is 12.7 Å². The van der Waals surface area contributed by atoms with Crippen molar-refractivity contribution < 1.29 is 18.3 Å². The minimum atomic E-state index is -0.356. The quantitative estimate of drug-likeness (QED) is 0.773. The van der Waals surface area contributed by atoms with E-state index in [0.717, 1.165) is 18.8 Å². The standard InChI is InChI=1S/C20H19FN2O3/c1-13-15-12-14(21)6-7-18(15)26-19(13)20(24)22-16-4-2-3-5-17(16)23-8-10-25-11-9-23/h2-7,12H,8-11H2,1H3,(H,22,24). The van der Waals surface area contributed by atoms with E-state index in [1.807, 2.05) is 24.3 Å². The molecule has 3 aromatic rings. The van der Waals surface area contributed by atoms with Crippen molar-refractivity contribution in [3.05, 3.63) is 59.6 Å². The molecule has 0 aliphatic carbocycles. The number of nitrogens with one attached hydrogen (secondary N) is 1. The number of ether oxygens (including phenoxy) is 1. The van der Waals surface area contributed by atoms with E-state index in [1.54, 1.807) is 6.92 Å². The first-order chi connectivity index (χ1) is 12.6. The highest BCUT2D eigenvalue weighted by atomic mass is 19.1. The van der Waals surface area contributed by atoms with Gasteiger partial charge in [-0.3, -0.25) is 4.79 Å². The number of furan rings is 1. The molecule has 0 atom stereocenters. The van der Waals surface area contributed by atoms with Gasteiger partial charge in [-0.2, -0.15) is 0 Å². The van der Waals surface area contributed by atoms with Crippen LogP contribution in [-0.4, -0.2) is 32.2 Å². The predicted octanol–water partition coefficient (Wildman–Crippen LogP) is 3.97. The highest BCUT2D eigenvalue weighted by Crippen LogP contribution is 2.29. The van der Waals surface area contributed by atoms with Crippen molar-refractivity contribution in [2.24, 2.45) is 0 Å². The molecule has 4 rings (SSSR count). The number of amides is 1. The molecule has 5 nitrogen and oxygen atoms in total. The lowest BCUT2D eigenvalue weighted by molar-refractivity contribution is 0.0998. The highest BCUT2D eigenvalue weighted by Gasteiger charge is 2.21. The summed E-state index contributed by atoms with van der Waals surface area (Å²) in [6, 6.07) is 11.9. The molecule has 0 spiro atoms. The number of benzene rings is 2. The number of fused-ring (bicyclic) bond motifs is 1. The Balaban J connectivity index is 1.64. The molecule has 134 valence electrons. The molecule has 1 saturated heterocycles. The van der Waals surface area contributed by atoms with Crippen LogP contribution in [0.1, 0.15) is 16.1 Å². The normalized spacial score (nSPS) is 14.6. The Kier molecular flexibility index (Phi) is 4.34. The summed E-state index contributed by atoms with van der Waals surface area (Å²) in [6.45, 7) is 4.63. The fourth-order valence-electron chi connectivity index (χ4n) is 3.25. The molecule has 0 unspecified atom stereocenters. The molecule has 1 aromatic heterocycles. The number of morpholine rings is 1. The van der Waals surface area contributed by atoms with Gasteiger partial charge in [0.2, 0.25) is 0 Å². The Morgan fingerprint density at radius 3 is 2.73 bits per heavy atom. The second kappa shape index (κ2) is 6.80. The number of para-hydroxylation sites is 2. The van der Waals surface area contributed by atoms with Gasteiger partial charge in [-0.25, -0.2) is 4.39 Å². The summed E-state index contributed by atoms with van der Waals surface area (Å²) in [4.78, 5) is 15.0. The zero-order chi connectivity index (χ0) is 18.1. The van der Waals surface area contributed by atoms with Crippen LogP contribution in [0.15, 0.2) is 46.9 Å². The average Bonchev–Trinajstić information content (AvgIpc) is 2.99. The number of carbonyl (C=O) groups excluding carboxylic acids is 1. The third-order valence-electron chi connectivity index (χ3n) is 4.61. The molecule has 1 aliphatic heterocycles. The van der Waals surface area contributed by atoms with Crippen molar-refractivity contribution in [2.45, 2.75) is 6.92 Å². The summed E-state index contributed by atoms with van der Waals surface area (Å²) in [6.07, 6.45) is 0. The van der Waals surface area contributed by atoms with E-state index < -0.39 is 0 Å². The lowest BCUT2D eigenvalue weighted by Gasteiger charge is -2.30. The van der Waals surface area contributed by atoms with E-state index in [2.05, 4.69) is 10.2 Å². The Morgan fingerprint density at radius 1 is 1.15 bits per heavy atom. The summed E-state index contributed by atoms with van der Waals surface area (Å²) in [5.74, 6) is -0.506. The van der Waals surface area contributed by atoms with Gasteiger partial charge in [0.1, 0.15) is 11.4 Å². The van der Waals surface area contributed by atoms with E-state index in [1.165, 1.54) is 18.2 Å². The summed E-state index contributed by atoms with van der Waals surface area (Å²) >= 11 is 0. The molecule has 2 aromatic carbocycles. The maximum atomic E-state index is 13.5. The van der Waals surface area contributed by atoms with Crippen LogP contribution in [0.4, 0.5) is 15.8 Å². The van der Waals surface area contributed by atoms with Crippen molar-refractivity contribution in [3.8, 4) is 0 Å². The number of halogens is 1. The molecule has 26 heavy (non-hydrogen) atoms. The first-order valence-electron chi connectivity index (χ1n) is 8.55. The van der Waals surface area contributed by atoms with Crippen LogP contribution in [-0.2, 0) is 4.74 Å². The van der Waals surface area contributed by atoms with E-state index >= 15 is 0 Å². The molecule has 1 N–H and O–H groups in total. The molecule has 0 bridgehead atoms. The zero-order valence-electron chi connectivity index (χ0n) is 14.4. The van der Waals surface area contributed by atoms with Crippen molar-refractivity contribution in [2.75, 3.05) is 36.5 Å². The van der Waals surface area contributed by atoms with E-state index in [0.29, 0.717) is 35.4 Å². The molecular formula is C20H19FN2O3. The summed E-state index contributed by atoms with van der Waals surface area (Å²) < 4.78 is 24.5. The molecule has 1 aliphatic rings. The van der Waals surface area contributed by atoms with Gasteiger partial charge < -0.3 is 19.4 Å². The molecule has 6 heteroatoms. The van der Waals surface area contributed by atoms with Gasteiger partial charge in [0.25, 0.3) is 5.91 Å². The molecule has 2 heterocycles. The van der Waals surface area contributed by atoms with Crippen LogP contribution < -0.4 is 10.2 Å². The van der Waals surface area contributed by atoms with E-state index in [-0.39, 0.29) is 17.5 Å². The molecule has 0 radical (unpaired) electrons. The topological polar surface area (TPSA) is 54.7 Å². The van der Waals surface area contributed by atoms with Gasteiger partial charge in [-0.1, -0.05) is 12.1 Å². The number of rotatable bonds is 3. The van der Waals surface area contributed by atoms with Crippen LogP contribution in [0.5, 0.6) is 0 Å². The average molecular weight is 354 g/mol. The summed E-state index contributed by atoms with van der Waals surface area (Å²) in [5.41, 5.74) is 2.78. The van der Waals surface area contributed by atoms with Crippen LogP contribution in [0.2, 0.25) is 0 Å². The smallest absolute Gasteiger partial charge is 0.291 e. The number of hydrogen-bond acceptors (Lipinski definition) is 4. The van der Waals surface area contributed by atoms with Crippen LogP contribution in [0.25, 0.3) is 11.0 Å². The molecule has 1 amide bonds. The third-order valence-corrected chi connectivity index (χ3v) is 4.61. The largest absolute Gasteiger partial charge is 0.451 e. The Hall–Kier alpha value is -2.86. The summed E-state index contributed by atoms with van der Waals surface area (Å²) in [5, 5.41) is 3.54. The molecular weight excluding hydrogens is 335 g/mol. The fourth-order valence-corrected chi connectivity index (χ4v) is 3.25. The van der Waals surface area contributed by atoms with Gasteiger partial charge in [0, 0.05) is 24.0 Å². The lowest BCUT2D eigenvalue weighted by atomic mass is 10.1. The first kappa shape index (κ1) is 16.6. The summed E-state index contributed by atoms with van der Waals surface area (Å²) in [7, 11) is 0. The van der Waals surface area contributed by atoms with Gasteiger partial charge in [-0.05, 0) is 37.3 Å². The number of nitrogens with zero attached hydrogens (tertiary/aromatic N) is 1. The molecule has 1 fully saturated rings. The number of carbonyl (C=O) groups is 1. The molecule has 0 saturated carbocycles. The second-order valence-electron chi connectivity index (χ2n) is 6.27. The van der Waals surface area contributed by atoms with Gasteiger partial charge >= 0.3 is 0 Å². The van der Waals surface area contributed by atoms with Gasteiger partial charge in [0.05, 0.1) is 24.6 Å². The third kappa shape index (κ3) is 3.04. The minimum Gasteiger partial charge on any atom is -0.451 e. The SMILES string of the molecule is Cc1c(C(=O)Nc2ccccc2N2CCOCC2)oc2ccc(F)cc12. The first-order valence-corrected chi connectivity index (χ1v) is 8.55. The minimum absolute atomic E-state index is 0.197. The van der Waals surface area contributed by atoms with Crippen molar-refractivity contribution >= 4 is 28.3 Å². The zero-order valence-corrected chi connectivity index (χ0v) is 14.4. The van der Waals surface area contributed by atoms with Crippen molar-refractivity contribution in [1.29, 1.82) is 0 Å². The highest BCUT2D eigenvalue weighted by molar-refractivity contribution is 6.07. The number of aryl methyl sites for hydroxylation is 1. The maximum absolute atomic E-state index is 13.5. The van der Waals surface area contributed by atoms with Crippen molar-refractivity contribution in [1.82, 2.24) is 0 Å². The fraction of sp³-hybridized carbons (Fsp3) is 0.250. The Morgan fingerprint density at radius 2 is 1.92 bits per heavy atom. The van der Waals surface area contributed by atoms with Gasteiger partial charge in [-0.15, -0.1) is 0 Å². The number of anilines is 2. The monoisotopic (exact) mass is 354 g/mol. The van der Waals surface area contributed by atoms with Crippen LogP contribution >= 0.6 is 0 Å². The maximum Gasteiger partial charge on any atom is 0.291 e. The Bertz CT molecular complexity index is 961. The van der Waals surface area contributed by atoms with Gasteiger partial charge in [0.15, 0.2) is 5.76 Å². The van der Waals surface area contributed by atoms with E-state index in [9.17, 15) is 9.18 Å². The van der Waals surface area contributed by atoms with Crippen LogP contribution in [0.3, 0.4) is 0 Å². The number of hydrogen-bond donors (Lipinski definition) is 1. The van der Waals surface area contributed by atoms with E-state index in [4.69, 9.17) is 9.15 Å². The van der Waals surface area contributed by atoms with Crippen molar-refractivity contribution in [3.63, 3.8) is 0 Å². The predicted molar refractivity (Wildman–Crippen MR) is 98.3 cm³/mol. The Labute approximate surface area is 150 Å².